The summed E-state index contributed by atoms with van der Waals surface area (Å²) in [4.78, 5) is 12.6. The van der Waals surface area contributed by atoms with Gasteiger partial charge in [-0.2, -0.15) is 0 Å². The van der Waals surface area contributed by atoms with Crippen LogP contribution in [-0.2, 0) is 6.42 Å². The fourth-order valence-corrected chi connectivity index (χ4v) is 1.58. The first-order valence-corrected chi connectivity index (χ1v) is 5.54. The van der Waals surface area contributed by atoms with Crippen LogP contribution in [0.4, 0.5) is 4.79 Å². The van der Waals surface area contributed by atoms with Gasteiger partial charge in [-0.25, -0.2) is 4.79 Å². The Morgan fingerprint density at radius 3 is 2.76 bits per heavy atom. The van der Waals surface area contributed by atoms with E-state index in [2.05, 4.69) is 0 Å². The summed E-state index contributed by atoms with van der Waals surface area (Å²) in [7, 11) is 1.63. The zero-order valence-electron chi connectivity index (χ0n) is 10.1. The molecule has 0 aromatic heterocycles. The number of rotatable bonds is 6. The third-order valence-electron chi connectivity index (χ3n) is 2.52. The van der Waals surface area contributed by atoms with Crippen LogP contribution in [0.1, 0.15) is 5.56 Å². The topological polar surface area (TPSA) is 81.6 Å². The lowest BCUT2D eigenvalue weighted by Crippen LogP contribution is -2.40. The lowest BCUT2D eigenvalue weighted by molar-refractivity contribution is 0.209. The summed E-state index contributed by atoms with van der Waals surface area (Å²) in [5.74, 6) is 0.812. The normalized spacial score (nSPS) is 10.0. The average molecular weight is 237 g/mol. The van der Waals surface area contributed by atoms with Gasteiger partial charge < -0.3 is 21.1 Å². The summed E-state index contributed by atoms with van der Waals surface area (Å²) in [6.45, 7) is 1.47. The summed E-state index contributed by atoms with van der Waals surface area (Å²) in [6.07, 6.45) is 0.736. The van der Waals surface area contributed by atoms with E-state index >= 15 is 0 Å². The Balaban J connectivity index is 2.55. The van der Waals surface area contributed by atoms with Crippen molar-refractivity contribution >= 4 is 6.03 Å². The van der Waals surface area contributed by atoms with E-state index < -0.39 is 6.03 Å². The van der Waals surface area contributed by atoms with E-state index in [0.717, 1.165) is 17.7 Å². The van der Waals surface area contributed by atoms with E-state index in [4.69, 9.17) is 16.2 Å². The molecule has 5 nitrogen and oxygen atoms in total. The van der Waals surface area contributed by atoms with Gasteiger partial charge in [0.1, 0.15) is 5.75 Å². The number of primary amides is 1. The Bertz CT molecular complexity index is 369. The van der Waals surface area contributed by atoms with Gasteiger partial charge in [-0.3, -0.25) is 0 Å². The highest BCUT2D eigenvalue weighted by Crippen LogP contribution is 2.13. The number of carbonyl (C=O) groups excluding carboxylic acids is 1. The molecule has 0 bridgehead atoms. The Morgan fingerprint density at radius 1 is 1.41 bits per heavy atom. The van der Waals surface area contributed by atoms with Crippen LogP contribution < -0.4 is 16.2 Å². The standard InChI is InChI=1S/C12H19N3O2/c1-17-11-4-2-3-10(9-11)5-7-15(8-6-13)12(14)16/h2-4,9H,5-8,13H2,1H3,(H2,14,16). The number of carbonyl (C=O) groups is 1. The number of methoxy groups -OCH3 is 1. The molecule has 0 saturated carbocycles. The number of nitrogens with zero attached hydrogens (tertiary/aromatic N) is 1. The second-order valence-corrected chi connectivity index (χ2v) is 3.72. The lowest BCUT2D eigenvalue weighted by atomic mass is 10.1. The molecule has 0 aliphatic rings. The number of benzene rings is 1. The van der Waals surface area contributed by atoms with Crippen LogP contribution in [0, 0.1) is 0 Å². The quantitative estimate of drug-likeness (QED) is 0.759. The van der Waals surface area contributed by atoms with Gasteiger partial charge in [0.15, 0.2) is 0 Å². The second-order valence-electron chi connectivity index (χ2n) is 3.72. The van der Waals surface area contributed by atoms with E-state index in [1.165, 1.54) is 0 Å². The molecule has 1 aromatic rings. The molecule has 0 aliphatic carbocycles. The molecule has 0 heterocycles. The molecule has 0 aliphatic heterocycles. The molecule has 0 unspecified atom stereocenters. The molecule has 0 radical (unpaired) electrons. The number of ether oxygens (including phenoxy) is 1. The minimum Gasteiger partial charge on any atom is -0.497 e. The first kappa shape index (κ1) is 13.3. The Hall–Kier alpha value is -1.75. The fraction of sp³-hybridized carbons (Fsp3) is 0.417. The van der Waals surface area contributed by atoms with Crippen molar-refractivity contribution in [2.75, 3.05) is 26.7 Å². The summed E-state index contributed by atoms with van der Waals surface area (Å²) in [5.41, 5.74) is 11.8. The minimum atomic E-state index is -0.432. The third-order valence-corrected chi connectivity index (χ3v) is 2.52. The maximum atomic E-state index is 11.1. The van der Waals surface area contributed by atoms with Gasteiger partial charge in [-0.1, -0.05) is 12.1 Å². The van der Waals surface area contributed by atoms with Crippen molar-refractivity contribution in [1.29, 1.82) is 0 Å². The zero-order valence-corrected chi connectivity index (χ0v) is 10.1. The fourth-order valence-electron chi connectivity index (χ4n) is 1.58. The highest BCUT2D eigenvalue weighted by Gasteiger charge is 2.08. The van der Waals surface area contributed by atoms with Crippen molar-refractivity contribution in [3.63, 3.8) is 0 Å². The van der Waals surface area contributed by atoms with Gasteiger partial charge in [-0.15, -0.1) is 0 Å². The van der Waals surface area contributed by atoms with Gasteiger partial charge in [0.2, 0.25) is 0 Å². The van der Waals surface area contributed by atoms with Gasteiger partial charge in [0.25, 0.3) is 0 Å². The van der Waals surface area contributed by atoms with Gasteiger partial charge >= 0.3 is 6.03 Å². The van der Waals surface area contributed by atoms with E-state index in [-0.39, 0.29) is 0 Å². The van der Waals surface area contributed by atoms with E-state index in [1.807, 2.05) is 24.3 Å². The van der Waals surface area contributed by atoms with Gasteiger partial charge in [-0.05, 0) is 24.1 Å². The van der Waals surface area contributed by atoms with Gasteiger partial charge in [0.05, 0.1) is 7.11 Å². The van der Waals surface area contributed by atoms with Crippen molar-refractivity contribution in [3.8, 4) is 5.75 Å². The SMILES string of the molecule is COc1cccc(CCN(CCN)C(N)=O)c1. The van der Waals surface area contributed by atoms with Crippen molar-refractivity contribution in [2.24, 2.45) is 11.5 Å². The number of amides is 2. The molecule has 0 saturated heterocycles. The van der Waals surface area contributed by atoms with Crippen LogP contribution in [0.3, 0.4) is 0 Å². The largest absolute Gasteiger partial charge is 0.497 e. The first-order valence-electron chi connectivity index (χ1n) is 5.54. The Morgan fingerprint density at radius 2 is 2.18 bits per heavy atom. The summed E-state index contributed by atoms with van der Waals surface area (Å²) < 4.78 is 5.13. The molecule has 5 heteroatoms. The highest BCUT2D eigenvalue weighted by atomic mass is 16.5. The third kappa shape index (κ3) is 4.32. The Kier molecular flexibility index (Phi) is 5.29. The molecular formula is C12H19N3O2. The number of urea groups is 1. The maximum absolute atomic E-state index is 11.1. The van der Waals surface area contributed by atoms with Crippen LogP contribution >= 0.6 is 0 Å². The molecule has 4 N–H and O–H groups in total. The summed E-state index contributed by atoms with van der Waals surface area (Å²) >= 11 is 0. The molecule has 94 valence electrons. The van der Waals surface area contributed by atoms with Crippen molar-refractivity contribution < 1.29 is 9.53 Å². The smallest absolute Gasteiger partial charge is 0.314 e. The highest BCUT2D eigenvalue weighted by molar-refractivity contribution is 5.71. The van der Waals surface area contributed by atoms with Crippen molar-refractivity contribution in [1.82, 2.24) is 4.90 Å². The molecule has 0 spiro atoms. The van der Waals surface area contributed by atoms with E-state index in [0.29, 0.717) is 19.6 Å². The average Bonchev–Trinajstić information content (AvgIpc) is 2.34. The second kappa shape index (κ2) is 6.75. The maximum Gasteiger partial charge on any atom is 0.314 e. The van der Waals surface area contributed by atoms with E-state index in [1.54, 1.807) is 12.0 Å². The van der Waals surface area contributed by atoms with Gasteiger partial charge in [0, 0.05) is 19.6 Å². The molecule has 0 atom stereocenters. The van der Waals surface area contributed by atoms with Crippen LogP contribution in [0.15, 0.2) is 24.3 Å². The predicted octanol–water partition coefficient (Wildman–Crippen LogP) is 0.577. The molecular weight excluding hydrogens is 218 g/mol. The molecule has 1 aromatic carbocycles. The summed E-state index contributed by atoms with van der Waals surface area (Å²) in [5, 5.41) is 0. The summed E-state index contributed by atoms with van der Waals surface area (Å²) in [6, 6.07) is 7.31. The Labute approximate surface area is 101 Å². The zero-order chi connectivity index (χ0) is 12.7. The number of hydrogen-bond donors (Lipinski definition) is 2. The molecule has 2 amide bonds. The van der Waals surface area contributed by atoms with Crippen LogP contribution in [0.25, 0.3) is 0 Å². The minimum absolute atomic E-state index is 0.418. The molecule has 17 heavy (non-hydrogen) atoms. The molecule has 0 fully saturated rings. The van der Waals surface area contributed by atoms with E-state index in [9.17, 15) is 4.79 Å². The first-order chi connectivity index (χ1) is 8.17. The van der Waals surface area contributed by atoms with Crippen LogP contribution in [0.2, 0.25) is 0 Å². The lowest BCUT2D eigenvalue weighted by Gasteiger charge is -2.19. The van der Waals surface area contributed by atoms with Crippen molar-refractivity contribution in [3.05, 3.63) is 29.8 Å². The number of nitrogens with two attached hydrogens (primary N) is 2. The van der Waals surface area contributed by atoms with Crippen LogP contribution in [-0.4, -0.2) is 37.7 Å². The monoisotopic (exact) mass is 237 g/mol. The predicted molar refractivity (Wildman–Crippen MR) is 66.9 cm³/mol. The van der Waals surface area contributed by atoms with Crippen molar-refractivity contribution in [2.45, 2.75) is 6.42 Å². The van der Waals surface area contributed by atoms with Crippen LogP contribution in [0.5, 0.6) is 5.75 Å². The molecule has 1 rings (SSSR count). The number of hydrogen-bond acceptors (Lipinski definition) is 3.